The number of hydrogen-bond donors (Lipinski definition) is 1. The Morgan fingerprint density at radius 2 is 1.95 bits per heavy atom. The van der Waals surface area contributed by atoms with Crippen molar-refractivity contribution in [3.63, 3.8) is 0 Å². The van der Waals surface area contributed by atoms with E-state index in [9.17, 15) is 0 Å². The van der Waals surface area contributed by atoms with E-state index in [-0.39, 0.29) is 5.41 Å². The van der Waals surface area contributed by atoms with Crippen molar-refractivity contribution >= 4 is 17.3 Å². The minimum Gasteiger partial charge on any atom is -0.374 e. The summed E-state index contributed by atoms with van der Waals surface area (Å²) in [6.45, 7) is 11.8. The Balaban J connectivity index is 2.89. The van der Waals surface area contributed by atoms with Crippen LogP contribution < -0.4 is 10.2 Å². The fourth-order valence-corrected chi connectivity index (χ4v) is 2.50. The Bertz CT molecular complexity index is 396. The van der Waals surface area contributed by atoms with Gasteiger partial charge >= 0.3 is 0 Å². The van der Waals surface area contributed by atoms with Gasteiger partial charge in [0.05, 0.1) is 0 Å². The van der Waals surface area contributed by atoms with Gasteiger partial charge in [-0.1, -0.05) is 45.4 Å². The largest absolute Gasteiger partial charge is 0.374 e. The van der Waals surface area contributed by atoms with E-state index in [1.54, 1.807) is 0 Å². The van der Waals surface area contributed by atoms with Crippen LogP contribution in [0, 0.1) is 5.41 Å². The summed E-state index contributed by atoms with van der Waals surface area (Å²) in [5, 5.41) is 4.29. The second-order valence-corrected chi connectivity index (χ2v) is 6.74. The van der Waals surface area contributed by atoms with Gasteiger partial charge in [0.15, 0.2) is 0 Å². The Labute approximate surface area is 123 Å². The first-order valence-electron chi connectivity index (χ1n) is 7.04. The summed E-state index contributed by atoms with van der Waals surface area (Å²) < 4.78 is 0. The predicted octanol–water partition coefficient (Wildman–Crippen LogP) is 4.32. The Hall–Kier alpha value is -0.730. The van der Waals surface area contributed by atoms with Crippen molar-refractivity contribution in [1.29, 1.82) is 0 Å². The molecule has 0 spiro atoms. The van der Waals surface area contributed by atoms with Crippen molar-refractivity contribution in [2.24, 2.45) is 5.41 Å². The molecule has 3 heteroatoms. The van der Waals surface area contributed by atoms with Gasteiger partial charge in [0, 0.05) is 36.4 Å². The summed E-state index contributed by atoms with van der Waals surface area (Å²) in [6, 6.07) is 6.15. The molecule has 108 valence electrons. The third-order valence-electron chi connectivity index (χ3n) is 2.95. The molecule has 0 atom stereocenters. The molecule has 0 bridgehead atoms. The van der Waals surface area contributed by atoms with E-state index in [2.05, 4.69) is 51.0 Å². The topological polar surface area (TPSA) is 15.3 Å². The highest BCUT2D eigenvalue weighted by molar-refractivity contribution is 6.31. The molecule has 0 heterocycles. The highest BCUT2D eigenvalue weighted by atomic mass is 35.5. The molecule has 0 radical (unpaired) electrons. The fraction of sp³-hybridized carbons (Fsp3) is 0.625. The molecule has 1 rings (SSSR count). The van der Waals surface area contributed by atoms with Crippen LogP contribution >= 0.6 is 11.6 Å². The van der Waals surface area contributed by atoms with Crippen LogP contribution in [-0.2, 0) is 6.54 Å². The molecule has 0 fully saturated rings. The summed E-state index contributed by atoms with van der Waals surface area (Å²) >= 11 is 6.36. The summed E-state index contributed by atoms with van der Waals surface area (Å²) in [4.78, 5) is 2.30. The van der Waals surface area contributed by atoms with Crippen LogP contribution in [-0.4, -0.2) is 20.1 Å². The normalized spacial score (nSPS) is 11.7. The van der Waals surface area contributed by atoms with E-state index < -0.39 is 0 Å². The first-order chi connectivity index (χ1) is 8.85. The number of nitrogens with zero attached hydrogens (tertiary/aromatic N) is 1. The number of anilines is 1. The molecule has 0 saturated heterocycles. The SMILES string of the molecule is CCCNCc1c(Cl)cccc1N(C)CC(C)(C)C. The maximum atomic E-state index is 6.36. The van der Waals surface area contributed by atoms with Gasteiger partial charge in [-0.2, -0.15) is 0 Å². The minimum absolute atomic E-state index is 0.269. The fourth-order valence-electron chi connectivity index (χ4n) is 2.27. The number of rotatable bonds is 6. The maximum Gasteiger partial charge on any atom is 0.0471 e. The zero-order valence-corrected chi connectivity index (χ0v) is 13.6. The molecule has 0 unspecified atom stereocenters. The minimum atomic E-state index is 0.269. The highest BCUT2D eigenvalue weighted by Gasteiger charge is 2.17. The van der Waals surface area contributed by atoms with Crippen molar-refractivity contribution < 1.29 is 0 Å². The molecule has 0 amide bonds. The van der Waals surface area contributed by atoms with Crippen LogP contribution in [0.4, 0.5) is 5.69 Å². The molecule has 1 N–H and O–H groups in total. The lowest BCUT2D eigenvalue weighted by molar-refractivity contribution is 0.418. The Kier molecular flexibility index (Phi) is 6.15. The molecule has 2 nitrogen and oxygen atoms in total. The number of benzene rings is 1. The first kappa shape index (κ1) is 16.3. The van der Waals surface area contributed by atoms with Gasteiger partial charge in [-0.25, -0.2) is 0 Å². The smallest absolute Gasteiger partial charge is 0.0471 e. The average Bonchev–Trinajstić information content (AvgIpc) is 2.29. The van der Waals surface area contributed by atoms with Gasteiger partial charge in [-0.05, 0) is 30.5 Å². The van der Waals surface area contributed by atoms with E-state index in [0.717, 1.165) is 31.1 Å². The summed E-state index contributed by atoms with van der Waals surface area (Å²) in [7, 11) is 2.14. The van der Waals surface area contributed by atoms with Crippen LogP contribution in [0.3, 0.4) is 0 Å². The first-order valence-corrected chi connectivity index (χ1v) is 7.42. The lowest BCUT2D eigenvalue weighted by atomic mass is 9.95. The van der Waals surface area contributed by atoms with Crippen molar-refractivity contribution in [2.45, 2.75) is 40.7 Å². The van der Waals surface area contributed by atoms with Gasteiger partial charge in [0.25, 0.3) is 0 Å². The van der Waals surface area contributed by atoms with Crippen molar-refractivity contribution in [1.82, 2.24) is 5.32 Å². The average molecular weight is 283 g/mol. The van der Waals surface area contributed by atoms with Crippen LogP contribution in [0.15, 0.2) is 18.2 Å². The summed E-state index contributed by atoms with van der Waals surface area (Å²) in [5.74, 6) is 0. The van der Waals surface area contributed by atoms with Crippen molar-refractivity contribution in [3.05, 3.63) is 28.8 Å². The molecule has 0 aromatic heterocycles. The molecule has 0 saturated carbocycles. The zero-order chi connectivity index (χ0) is 14.5. The highest BCUT2D eigenvalue weighted by Crippen LogP contribution is 2.29. The maximum absolute atomic E-state index is 6.36. The number of hydrogen-bond acceptors (Lipinski definition) is 2. The molecule has 1 aromatic carbocycles. The molecule has 1 aromatic rings. The van der Waals surface area contributed by atoms with E-state index in [4.69, 9.17) is 11.6 Å². The van der Waals surface area contributed by atoms with Crippen molar-refractivity contribution in [3.8, 4) is 0 Å². The van der Waals surface area contributed by atoms with Crippen molar-refractivity contribution in [2.75, 3.05) is 25.0 Å². The van der Waals surface area contributed by atoms with E-state index >= 15 is 0 Å². The zero-order valence-electron chi connectivity index (χ0n) is 12.9. The Morgan fingerprint density at radius 3 is 2.53 bits per heavy atom. The second-order valence-electron chi connectivity index (χ2n) is 6.33. The quantitative estimate of drug-likeness (QED) is 0.782. The molecule has 19 heavy (non-hydrogen) atoms. The van der Waals surface area contributed by atoms with E-state index in [1.165, 1.54) is 11.3 Å². The molecule has 0 aliphatic carbocycles. The van der Waals surface area contributed by atoms with Crippen LogP contribution in [0.2, 0.25) is 5.02 Å². The monoisotopic (exact) mass is 282 g/mol. The molecule has 0 aliphatic rings. The lowest BCUT2D eigenvalue weighted by Gasteiger charge is -2.30. The standard InChI is InChI=1S/C16H27ClN2/c1-6-10-18-11-13-14(17)8-7-9-15(13)19(5)12-16(2,3)4/h7-9,18H,6,10-12H2,1-5H3. The number of nitrogens with one attached hydrogen (secondary N) is 1. The molecular formula is C16H27ClN2. The molecular weight excluding hydrogens is 256 g/mol. The van der Waals surface area contributed by atoms with Crippen LogP contribution in [0.1, 0.15) is 39.7 Å². The van der Waals surface area contributed by atoms with Gasteiger partial charge in [0.2, 0.25) is 0 Å². The van der Waals surface area contributed by atoms with Gasteiger partial charge in [0.1, 0.15) is 0 Å². The van der Waals surface area contributed by atoms with Crippen LogP contribution in [0.25, 0.3) is 0 Å². The third kappa shape index (κ3) is 5.42. The Morgan fingerprint density at radius 1 is 1.26 bits per heavy atom. The van der Waals surface area contributed by atoms with Crippen LogP contribution in [0.5, 0.6) is 0 Å². The van der Waals surface area contributed by atoms with Gasteiger partial charge in [-0.3, -0.25) is 0 Å². The summed E-state index contributed by atoms with van der Waals surface area (Å²) in [6.07, 6.45) is 1.14. The van der Waals surface area contributed by atoms with E-state index in [1.807, 2.05) is 12.1 Å². The number of halogens is 1. The van der Waals surface area contributed by atoms with Gasteiger partial charge in [-0.15, -0.1) is 0 Å². The summed E-state index contributed by atoms with van der Waals surface area (Å²) in [5.41, 5.74) is 2.70. The third-order valence-corrected chi connectivity index (χ3v) is 3.30. The van der Waals surface area contributed by atoms with Gasteiger partial charge < -0.3 is 10.2 Å². The molecule has 0 aliphatic heterocycles. The predicted molar refractivity (Wildman–Crippen MR) is 86.2 cm³/mol. The van der Waals surface area contributed by atoms with E-state index in [0.29, 0.717) is 0 Å². The second kappa shape index (κ2) is 7.16. The lowest BCUT2D eigenvalue weighted by Crippen LogP contribution is -2.30.